The molecule has 1 aliphatic heterocycles. The average Bonchev–Trinajstić information content (AvgIpc) is 3.36. The summed E-state index contributed by atoms with van der Waals surface area (Å²) >= 11 is 11.7. The zero-order valence-corrected chi connectivity index (χ0v) is 21.0. The highest BCUT2D eigenvalue weighted by Crippen LogP contribution is 2.53. The maximum absolute atomic E-state index is 13.6. The molecule has 5 nitrogen and oxygen atoms in total. The van der Waals surface area contributed by atoms with Crippen molar-refractivity contribution in [3.63, 3.8) is 0 Å². The second-order valence-electron chi connectivity index (χ2n) is 10.3. The van der Waals surface area contributed by atoms with Gasteiger partial charge in [0, 0.05) is 41.1 Å². The molecule has 8 heteroatoms. The molecule has 2 aromatic rings. The van der Waals surface area contributed by atoms with Crippen LogP contribution >= 0.6 is 23.2 Å². The summed E-state index contributed by atoms with van der Waals surface area (Å²) in [6.07, 6.45) is 5.70. The molecule has 186 valence electrons. The molecule has 0 spiro atoms. The quantitative estimate of drug-likeness (QED) is 0.530. The van der Waals surface area contributed by atoms with Gasteiger partial charge in [-0.1, -0.05) is 35.3 Å². The van der Waals surface area contributed by atoms with Crippen molar-refractivity contribution < 1.29 is 18.7 Å². The molecule has 6 rings (SSSR count). The zero-order chi connectivity index (χ0) is 24.6. The number of hydrogen-bond acceptors (Lipinski definition) is 3. The topological polar surface area (TPSA) is 58.6 Å². The molecule has 1 unspecified atom stereocenters. The van der Waals surface area contributed by atoms with Crippen LogP contribution in [0.3, 0.4) is 0 Å². The van der Waals surface area contributed by atoms with Crippen LogP contribution in [0.15, 0.2) is 42.5 Å². The number of carbonyl (C=O) groups excluding carboxylic acids is 2. The minimum absolute atomic E-state index is 0.0116. The fourth-order valence-corrected chi connectivity index (χ4v) is 6.27. The largest absolute Gasteiger partial charge is 0.484 e. The number of benzene rings is 2. The maximum atomic E-state index is 13.6. The standard InChI is InChI=1S/C27H29Cl2FN2O3/c28-20-3-1-18(2-4-20)19-7-14-32(16-19)25(34)26-8-11-27(12-9-26,13-10-26)31-24(33)17-35-21-5-6-22(29)23(30)15-21/h1-6,15,19H,7-14,16-17H2,(H,31,33). The van der Waals surface area contributed by atoms with E-state index in [1.165, 1.54) is 23.8 Å². The summed E-state index contributed by atoms with van der Waals surface area (Å²) in [6, 6.07) is 12.1. The third-order valence-electron chi connectivity index (χ3n) is 8.18. The number of likely N-dealkylation sites (tertiary alicyclic amines) is 1. The fourth-order valence-electron chi connectivity index (χ4n) is 6.03. The Labute approximate surface area is 214 Å². The van der Waals surface area contributed by atoms with E-state index < -0.39 is 5.82 Å². The molecule has 1 saturated heterocycles. The van der Waals surface area contributed by atoms with E-state index in [0.29, 0.717) is 5.92 Å². The molecule has 0 radical (unpaired) electrons. The van der Waals surface area contributed by atoms with E-state index in [0.717, 1.165) is 63.1 Å². The molecule has 3 saturated carbocycles. The van der Waals surface area contributed by atoms with Crippen LogP contribution in [0.2, 0.25) is 10.0 Å². The highest BCUT2D eigenvalue weighted by molar-refractivity contribution is 6.30. The summed E-state index contributed by atoms with van der Waals surface area (Å²) < 4.78 is 19.0. The number of amides is 2. The fraction of sp³-hybridized carbons (Fsp3) is 0.481. The third kappa shape index (κ3) is 5.01. The van der Waals surface area contributed by atoms with Crippen LogP contribution in [-0.4, -0.2) is 41.9 Å². The van der Waals surface area contributed by atoms with Crippen molar-refractivity contribution in [3.8, 4) is 5.75 Å². The second kappa shape index (κ2) is 9.62. The van der Waals surface area contributed by atoms with Crippen molar-refractivity contribution in [2.24, 2.45) is 5.41 Å². The van der Waals surface area contributed by atoms with Gasteiger partial charge >= 0.3 is 0 Å². The summed E-state index contributed by atoms with van der Waals surface area (Å²) in [5.74, 6) is 0.0839. The molecule has 1 heterocycles. The van der Waals surface area contributed by atoms with E-state index >= 15 is 0 Å². The Morgan fingerprint density at radius 2 is 1.71 bits per heavy atom. The van der Waals surface area contributed by atoms with Gasteiger partial charge in [-0.15, -0.1) is 0 Å². The summed E-state index contributed by atoms with van der Waals surface area (Å²) in [7, 11) is 0. The number of hydrogen-bond donors (Lipinski definition) is 1. The van der Waals surface area contributed by atoms with Crippen LogP contribution in [0, 0.1) is 11.2 Å². The van der Waals surface area contributed by atoms with Gasteiger partial charge in [-0.3, -0.25) is 9.59 Å². The number of rotatable bonds is 6. The predicted molar refractivity (Wildman–Crippen MR) is 133 cm³/mol. The monoisotopic (exact) mass is 518 g/mol. The minimum atomic E-state index is -0.582. The highest BCUT2D eigenvalue weighted by atomic mass is 35.5. The lowest BCUT2D eigenvalue weighted by molar-refractivity contribution is -0.149. The smallest absolute Gasteiger partial charge is 0.258 e. The molecule has 1 N–H and O–H groups in total. The van der Waals surface area contributed by atoms with Gasteiger partial charge in [0.05, 0.1) is 5.02 Å². The minimum Gasteiger partial charge on any atom is -0.484 e. The normalized spacial score (nSPS) is 27.6. The van der Waals surface area contributed by atoms with Gasteiger partial charge in [-0.25, -0.2) is 4.39 Å². The molecule has 35 heavy (non-hydrogen) atoms. The first-order valence-corrected chi connectivity index (χ1v) is 13.0. The first-order chi connectivity index (χ1) is 16.8. The molecule has 2 bridgehead atoms. The lowest BCUT2D eigenvalue weighted by Crippen LogP contribution is -2.60. The summed E-state index contributed by atoms with van der Waals surface area (Å²) in [5, 5.41) is 3.89. The van der Waals surface area contributed by atoms with Gasteiger partial charge in [-0.05, 0) is 74.8 Å². The van der Waals surface area contributed by atoms with Gasteiger partial charge in [0.15, 0.2) is 6.61 Å². The summed E-state index contributed by atoms with van der Waals surface area (Å²) in [5.41, 5.74) is 0.642. The summed E-state index contributed by atoms with van der Waals surface area (Å²) in [4.78, 5) is 28.2. The Kier molecular flexibility index (Phi) is 6.71. The molecular weight excluding hydrogens is 490 g/mol. The van der Waals surface area contributed by atoms with Gasteiger partial charge in [-0.2, -0.15) is 0 Å². The van der Waals surface area contributed by atoms with Crippen LogP contribution in [0.5, 0.6) is 5.75 Å². The molecule has 0 aromatic heterocycles. The maximum Gasteiger partial charge on any atom is 0.258 e. The molecular formula is C27H29Cl2FN2O3. The number of carbonyl (C=O) groups is 2. The Morgan fingerprint density at radius 1 is 1.03 bits per heavy atom. The van der Waals surface area contributed by atoms with Crippen molar-refractivity contribution in [2.75, 3.05) is 19.7 Å². The van der Waals surface area contributed by atoms with Crippen LogP contribution in [0.25, 0.3) is 0 Å². The van der Waals surface area contributed by atoms with Crippen LogP contribution in [0.1, 0.15) is 56.4 Å². The van der Waals surface area contributed by atoms with E-state index in [2.05, 4.69) is 22.3 Å². The SMILES string of the molecule is O=C(COc1ccc(Cl)c(F)c1)NC12CCC(C(=O)N3CCC(c4ccc(Cl)cc4)C3)(CC1)CC2. The predicted octanol–water partition coefficient (Wildman–Crippen LogP) is 5.74. The van der Waals surface area contributed by atoms with Crippen molar-refractivity contribution in [1.29, 1.82) is 0 Å². The van der Waals surface area contributed by atoms with E-state index in [1.54, 1.807) is 0 Å². The van der Waals surface area contributed by atoms with Crippen LogP contribution in [0.4, 0.5) is 4.39 Å². The average molecular weight is 519 g/mol. The van der Waals surface area contributed by atoms with E-state index in [4.69, 9.17) is 27.9 Å². The lowest BCUT2D eigenvalue weighted by Gasteiger charge is -2.53. The van der Waals surface area contributed by atoms with Gasteiger partial charge in [0.1, 0.15) is 11.6 Å². The van der Waals surface area contributed by atoms with Gasteiger partial charge in [0.2, 0.25) is 5.91 Å². The lowest BCUT2D eigenvalue weighted by atomic mass is 9.56. The second-order valence-corrected chi connectivity index (χ2v) is 11.1. The first-order valence-electron chi connectivity index (χ1n) is 12.2. The summed E-state index contributed by atoms with van der Waals surface area (Å²) in [6.45, 7) is 1.36. The van der Waals surface area contributed by atoms with Gasteiger partial charge < -0.3 is 15.0 Å². The Morgan fingerprint density at radius 3 is 2.37 bits per heavy atom. The van der Waals surface area contributed by atoms with Crippen LogP contribution in [-0.2, 0) is 9.59 Å². The van der Waals surface area contributed by atoms with Crippen molar-refractivity contribution in [1.82, 2.24) is 10.2 Å². The van der Waals surface area contributed by atoms with E-state index in [-0.39, 0.29) is 40.1 Å². The first kappa shape index (κ1) is 24.4. The number of nitrogens with zero attached hydrogens (tertiary/aromatic N) is 1. The number of fused-ring (bicyclic) bond motifs is 3. The highest BCUT2D eigenvalue weighted by Gasteiger charge is 2.54. The molecule has 4 fully saturated rings. The third-order valence-corrected chi connectivity index (χ3v) is 8.74. The van der Waals surface area contributed by atoms with E-state index in [1.807, 2.05) is 12.1 Å². The molecule has 3 aliphatic carbocycles. The van der Waals surface area contributed by atoms with E-state index in [9.17, 15) is 14.0 Å². The number of ether oxygens (including phenoxy) is 1. The Balaban J connectivity index is 1.14. The van der Waals surface area contributed by atoms with Crippen LogP contribution < -0.4 is 10.1 Å². The molecule has 1 atom stereocenters. The Bertz CT molecular complexity index is 1100. The van der Waals surface area contributed by atoms with Gasteiger partial charge in [0.25, 0.3) is 5.91 Å². The van der Waals surface area contributed by atoms with Crippen molar-refractivity contribution in [3.05, 3.63) is 63.9 Å². The zero-order valence-electron chi connectivity index (χ0n) is 19.5. The van der Waals surface area contributed by atoms with Crippen molar-refractivity contribution >= 4 is 35.0 Å². The van der Waals surface area contributed by atoms with Crippen molar-refractivity contribution in [2.45, 2.75) is 56.4 Å². The Hall–Kier alpha value is -2.31. The molecule has 4 aliphatic rings. The molecule has 2 aromatic carbocycles. The number of halogens is 3. The molecule has 2 amide bonds. The number of nitrogens with one attached hydrogen (secondary N) is 1.